The van der Waals surface area contributed by atoms with Crippen LogP contribution >= 0.6 is 0 Å². The lowest BCUT2D eigenvalue weighted by Crippen LogP contribution is -2.43. The van der Waals surface area contributed by atoms with Crippen LogP contribution in [0, 0.1) is 12.8 Å². The summed E-state index contributed by atoms with van der Waals surface area (Å²) in [6.07, 6.45) is 5.64. The Morgan fingerprint density at radius 3 is 2.72 bits per heavy atom. The summed E-state index contributed by atoms with van der Waals surface area (Å²) >= 11 is 0. The number of rotatable bonds is 4. The SMILES string of the molecule is Cc1cnc(C(=O)NCC[C@H]2CCCN(C(=O)OC(C)(C)C)C2)cn1. The number of nitrogens with one attached hydrogen (secondary N) is 1. The average Bonchev–Trinajstić information content (AvgIpc) is 2.54. The Hall–Kier alpha value is -2.18. The first-order valence-electron chi connectivity index (χ1n) is 8.79. The topological polar surface area (TPSA) is 84.4 Å². The van der Waals surface area contributed by atoms with Gasteiger partial charge in [-0.2, -0.15) is 0 Å². The fraction of sp³-hybridized carbons (Fsp3) is 0.667. The number of hydrogen-bond acceptors (Lipinski definition) is 5. The summed E-state index contributed by atoms with van der Waals surface area (Å²) in [5.74, 6) is 0.151. The van der Waals surface area contributed by atoms with E-state index in [2.05, 4.69) is 15.3 Å². The lowest BCUT2D eigenvalue weighted by molar-refractivity contribution is 0.0161. The number of carbonyl (C=O) groups is 2. The van der Waals surface area contributed by atoms with Crippen LogP contribution in [-0.4, -0.2) is 52.1 Å². The molecule has 1 saturated heterocycles. The number of aryl methyl sites for hydroxylation is 1. The van der Waals surface area contributed by atoms with Crippen molar-refractivity contribution in [1.82, 2.24) is 20.2 Å². The molecule has 25 heavy (non-hydrogen) atoms. The molecule has 1 N–H and O–H groups in total. The van der Waals surface area contributed by atoms with Crippen molar-refractivity contribution in [2.45, 2.75) is 52.6 Å². The number of amides is 2. The Morgan fingerprint density at radius 1 is 1.32 bits per heavy atom. The minimum absolute atomic E-state index is 0.215. The number of ether oxygens (including phenoxy) is 1. The first kappa shape index (κ1) is 19.1. The molecule has 2 amide bonds. The zero-order chi connectivity index (χ0) is 18.4. The van der Waals surface area contributed by atoms with E-state index in [0.29, 0.717) is 24.7 Å². The fourth-order valence-electron chi connectivity index (χ4n) is 2.78. The van der Waals surface area contributed by atoms with Crippen molar-refractivity contribution < 1.29 is 14.3 Å². The normalized spacial score (nSPS) is 17.9. The smallest absolute Gasteiger partial charge is 0.410 e. The summed E-state index contributed by atoms with van der Waals surface area (Å²) in [5, 5.41) is 2.87. The Kier molecular flexibility index (Phi) is 6.33. The van der Waals surface area contributed by atoms with Gasteiger partial charge in [0, 0.05) is 25.8 Å². The molecule has 1 aromatic rings. The van der Waals surface area contributed by atoms with E-state index in [9.17, 15) is 9.59 Å². The number of likely N-dealkylation sites (tertiary alicyclic amines) is 1. The monoisotopic (exact) mass is 348 g/mol. The number of piperidine rings is 1. The standard InChI is InChI=1S/C18H28N4O3/c1-13-10-21-15(11-20-13)16(23)19-8-7-14-6-5-9-22(12-14)17(24)25-18(2,3)4/h10-11,14H,5-9,12H2,1-4H3,(H,19,23)/t14-/m1/s1. The molecule has 1 aliphatic rings. The molecule has 1 atom stereocenters. The van der Waals surface area contributed by atoms with Crippen LogP contribution < -0.4 is 5.32 Å². The predicted molar refractivity (Wildman–Crippen MR) is 94.3 cm³/mol. The Bertz CT molecular complexity index is 595. The summed E-state index contributed by atoms with van der Waals surface area (Å²) in [4.78, 5) is 34.1. The van der Waals surface area contributed by atoms with Crippen LogP contribution in [0.4, 0.5) is 4.79 Å². The molecule has 0 spiro atoms. The minimum Gasteiger partial charge on any atom is -0.444 e. The molecule has 7 heteroatoms. The molecule has 0 radical (unpaired) electrons. The van der Waals surface area contributed by atoms with Gasteiger partial charge in [-0.3, -0.25) is 9.78 Å². The Balaban J connectivity index is 1.76. The second-order valence-electron chi connectivity index (χ2n) is 7.52. The molecule has 1 aliphatic heterocycles. The van der Waals surface area contributed by atoms with Gasteiger partial charge in [-0.25, -0.2) is 9.78 Å². The van der Waals surface area contributed by atoms with Gasteiger partial charge in [0.15, 0.2) is 0 Å². The lowest BCUT2D eigenvalue weighted by Gasteiger charge is -2.34. The highest BCUT2D eigenvalue weighted by molar-refractivity contribution is 5.91. The highest BCUT2D eigenvalue weighted by Crippen LogP contribution is 2.21. The maximum atomic E-state index is 12.2. The van der Waals surface area contributed by atoms with Crippen molar-refractivity contribution in [2.75, 3.05) is 19.6 Å². The van der Waals surface area contributed by atoms with Crippen LogP contribution in [-0.2, 0) is 4.74 Å². The molecule has 0 bridgehead atoms. The van der Waals surface area contributed by atoms with Crippen LogP contribution in [0.3, 0.4) is 0 Å². The van der Waals surface area contributed by atoms with Gasteiger partial charge >= 0.3 is 6.09 Å². The van der Waals surface area contributed by atoms with Crippen molar-refractivity contribution in [3.63, 3.8) is 0 Å². The van der Waals surface area contributed by atoms with Crippen molar-refractivity contribution in [3.05, 3.63) is 23.8 Å². The van der Waals surface area contributed by atoms with Gasteiger partial charge in [-0.15, -0.1) is 0 Å². The van der Waals surface area contributed by atoms with E-state index in [-0.39, 0.29) is 12.0 Å². The van der Waals surface area contributed by atoms with E-state index >= 15 is 0 Å². The van der Waals surface area contributed by atoms with Gasteiger partial charge in [-0.05, 0) is 52.9 Å². The van der Waals surface area contributed by atoms with Gasteiger partial charge in [0.25, 0.3) is 5.91 Å². The van der Waals surface area contributed by atoms with Crippen molar-refractivity contribution >= 4 is 12.0 Å². The molecule has 0 aromatic carbocycles. The molecule has 0 aliphatic carbocycles. The third-order valence-electron chi connectivity index (χ3n) is 4.02. The molecule has 2 rings (SSSR count). The first-order chi connectivity index (χ1) is 11.7. The van der Waals surface area contributed by atoms with Crippen LogP contribution in [0.2, 0.25) is 0 Å². The summed E-state index contributed by atoms with van der Waals surface area (Å²) < 4.78 is 5.44. The zero-order valence-electron chi connectivity index (χ0n) is 15.5. The molecule has 7 nitrogen and oxygen atoms in total. The molecule has 1 aromatic heterocycles. The van der Waals surface area contributed by atoms with Crippen LogP contribution in [0.1, 0.15) is 56.2 Å². The van der Waals surface area contributed by atoms with Gasteiger partial charge in [0.05, 0.1) is 11.9 Å². The van der Waals surface area contributed by atoms with Gasteiger partial charge < -0.3 is 15.0 Å². The van der Waals surface area contributed by atoms with Crippen LogP contribution in [0.15, 0.2) is 12.4 Å². The van der Waals surface area contributed by atoms with E-state index in [1.54, 1.807) is 11.1 Å². The quantitative estimate of drug-likeness (QED) is 0.904. The Morgan fingerprint density at radius 2 is 2.08 bits per heavy atom. The molecule has 2 heterocycles. The minimum atomic E-state index is -0.479. The molecule has 138 valence electrons. The number of nitrogens with zero attached hydrogens (tertiary/aromatic N) is 3. The molecular formula is C18H28N4O3. The lowest BCUT2D eigenvalue weighted by atomic mass is 9.95. The second-order valence-corrected chi connectivity index (χ2v) is 7.52. The molecule has 0 saturated carbocycles. The number of hydrogen-bond donors (Lipinski definition) is 1. The van der Waals surface area contributed by atoms with E-state index in [1.165, 1.54) is 6.20 Å². The van der Waals surface area contributed by atoms with E-state index in [1.807, 2.05) is 27.7 Å². The van der Waals surface area contributed by atoms with Gasteiger partial charge in [-0.1, -0.05) is 0 Å². The third kappa shape index (κ3) is 6.32. The maximum Gasteiger partial charge on any atom is 0.410 e. The van der Waals surface area contributed by atoms with Gasteiger partial charge in [0.2, 0.25) is 0 Å². The average molecular weight is 348 g/mol. The summed E-state index contributed by atoms with van der Waals surface area (Å²) in [5.41, 5.74) is 0.623. The molecular weight excluding hydrogens is 320 g/mol. The highest BCUT2D eigenvalue weighted by Gasteiger charge is 2.27. The van der Waals surface area contributed by atoms with Crippen molar-refractivity contribution in [3.8, 4) is 0 Å². The van der Waals surface area contributed by atoms with Crippen LogP contribution in [0.5, 0.6) is 0 Å². The van der Waals surface area contributed by atoms with E-state index < -0.39 is 5.60 Å². The zero-order valence-corrected chi connectivity index (χ0v) is 15.5. The largest absolute Gasteiger partial charge is 0.444 e. The van der Waals surface area contributed by atoms with Crippen LogP contribution in [0.25, 0.3) is 0 Å². The first-order valence-corrected chi connectivity index (χ1v) is 8.79. The molecule has 0 unspecified atom stereocenters. The second kappa shape index (κ2) is 8.27. The van der Waals surface area contributed by atoms with E-state index in [0.717, 1.165) is 31.5 Å². The summed E-state index contributed by atoms with van der Waals surface area (Å²) in [7, 11) is 0. The van der Waals surface area contributed by atoms with Crippen molar-refractivity contribution in [2.24, 2.45) is 5.92 Å². The summed E-state index contributed by atoms with van der Waals surface area (Å²) in [6.45, 7) is 9.41. The predicted octanol–water partition coefficient (Wildman–Crippen LogP) is 2.55. The van der Waals surface area contributed by atoms with E-state index in [4.69, 9.17) is 4.74 Å². The highest BCUT2D eigenvalue weighted by atomic mass is 16.6. The Labute approximate surface area is 149 Å². The van der Waals surface area contributed by atoms with Gasteiger partial charge in [0.1, 0.15) is 11.3 Å². The summed E-state index contributed by atoms with van der Waals surface area (Å²) in [6, 6.07) is 0. The maximum absolute atomic E-state index is 12.2. The number of aromatic nitrogens is 2. The van der Waals surface area contributed by atoms with Crippen molar-refractivity contribution in [1.29, 1.82) is 0 Å². The molecule has 1 fully saturated rings. The number of carbonyl (C=O) groups excluding carboxylic acids is 2. The fourth-order valence-corrected chi connectivity index (χ4v) is 2.78. The third-order valence-corrected chi connectivity index (χ3v) is 4.02.